The molecule has 3 N–H and O–H groups in total. The first kappa shape index (κ1) is 91.1. The molecule has 0 aliphatic heterocycles. The Morgan fingerprint density at radius 3 is 0.763 bits per heavy atom. The van der Waals surface area contributed by atoms with E-state index in [1.54, 1.807) is 0 Å². The maximum absolute atomic E-state index is 13.0. The van der Waals surface area contributed by atoms with E-state index >= 15 is 0 Å². The van der Waals surface area contributed by atoms with Crippen LogP contribution in [0.15, 0.2) is 0 Å². The zero-order chi connectivity index (χ0) is 68.9. The lowest BCUT2D eigenvalue weighted by atomic mass is 9.99. The number of aliphatic hydroxyl groups excluding tert-OH is 1. The van der Waals surface area contributed by atoms with Crippen molar-refractivity contribution >= 4 is 39.5 Å². The molecule has 19 heteroatoms. The van der Waals surface area contributed by atoms with Gasteiger partial charge in [-0.3, -0.25) is 37.3 Å². The van der Waals surface area contributed by atoms with E-state index in [-0.39, 0.29) is 25.7 Å². The predicted octanol–water partition coefficient (Wildman–Crippen LogP) is 21.3. The first-order valence-corrected chi connectivity index (χ1v) is 41.2. The summed E-state index contributed by atoms with van der Waals surface area (Å²) in [6.07, 6.45) is 47.3. The number of carbonyl (C=O) groups excluding carboxylic acids is 4. The molecule has 93 heavy (non-hydrogen) atoms. The summed E-state index contributed by atoms with van der Waals surface area (Å²) >= 11 is 0. The molecule has 0 rings (SSSR count). The van der Waals surface area contributed by atoms with E-state index in [2.05, 4.69) is 55.4 Å². The van der Waals surface area contributed by atoms with Gasteiger partial charge in [0.15, 0.2) is 12.2 Å². The number of phosphoric acid groups is 2. The molecule has 0 aromatic rings. The highest BCUT2D eigenvalue weighted by atomic mass is 31.2. The summed E-state index contributed by atoms with van der Waals surface area (Å²) in [5, 5.41) is 10.6. The van der Waals surface area contributed by atoms with Crippen LogP contribution in [0.5, 0.6) is 0 Å². The number of esters is 4. The molecule has 6 atom stereocenters. The molecule has 0 spiro atoms. The van der Waals surface area contributed by atoms with Crippen LogP contribution in [0.25, 0.3) is 0 Å². The third-order valence-electron chi connectivity index (χ3n) is 17.4. The Labute approximate surface area is 568 Å². The fourth-order valence-corrected chi connectivity index (χ4v) is 12.7. The van der Waals surface area contributed by atoms with Crippen LogP contribution in [0.1, 0.15) is 370 Å². The van der Waals surface area contributed by atoms with Crippen molar-refractivity contribution in [1.82, 2.24) is 0 Å². The summed E-state index contributed by atoms with van der Waals surface area (Å²) in [5.41, 5.74) is 0. The third kappa shape index (κ3) is 67.0. The van der Waals surface area contributed by atoms with Crippen LogP contribution in [-0.4, -0.2) is 96.7 Å². The predicted molar refractivity (Wildman–Crippen MR) is 377 cm³/mol. The zero-order valence-corrected chi connectivity index (χ0v) is 62.7. The lowest BCUT2D eigenvalue weighted by molar-refractivity contribution is -0.161. The highest BCUT2D eigenvalue weighted by Crippen LogP contribution is 2.45. The minimum Gasteiger partial charge on any atom is -0.462 e. The lowest BCUT2D eigenvalue weighted by Crippen LogP contribution is -2.30. The number of unbranched alkanes of at least 4 members (excludes halogenated alkanes) is 36. The highest BCUT2D eigenvalue weighted by molar-refractivity contribution is 7.47. The van der Waals surface area contributed by atoms with E-state index < -0.39 is 97.5 Å². The lowest BCUT2D eigenvalue weighted by Gasteiger charge is -2.21. The Bertz CT molecular complexity index is 1840. The van der Waals surface area contributed by atoms with Crippen LogP contribution in [0.2, 0.25) is 0 Å². The Morgan fingerprint density at radius 2 is 0.516 bits per heavy atom. The minimum atomic E-state index is -4.96. The van der Waals surface area contributed by atoms with Crippen molar-refractivity contribution in [2.24, 2.45) is 23.7 Å². The fraction of sp³-hybridized carbons (Fsp3) is 0.946. The summed E-state index contributed by atoms with van der Waals surface area (Å²) in [6.45, 7) is 14.1. The largest absolute Gasteiger partial charge is 0.472 e. The molecular formula is C74H144O17P2. The molecular weight excluding hydrogens is 1220 g/mol. The molecule has 0 aliphatic rings. The number of aliphatic hydroxyl groups is 1. The van der Waals surface area contributed by atoms with Crippen molar-refractivity contribution < 1.29 is 80.2 Å². The molecule has 4 unspecified atom stereocenters. The van der Waals surface area contributed by atoms with Crippen LogP contribution in [0.3, 0.4) is 0 Å². The quantitative estimate of drug-likeness (QED) is 0.0222. The first-order valence-electron chi connectivity index (χ1n) is 38.2. The molecule has 0 aromatic carbocycles. The average Bonchev–Trinajstić information content (AvgIpc) is 3.01. The molecule has 0 bridgehead atoms. The SMILES string of the molecule is CCC(C)CCCCCCCCCCC(=O)O[C@H](COC(=O)CCCCCCCCCCC(C)C)COP(=O)(O)OCC(O)COP(=O)(O)OC[C@@H](COC(=O)CCCCCCCCCCCCCCCCCCC(C)C)OC(=O)CCCCCCCCCCC(C)C. The fourth-order valence-electron chi connectivity index (χ4n) is 11.2. The Morgan fingerprint density at radius 1 is 0.301 bits per heavy atom. The summed E-state index contributed by atoms with van der Waals surface area (Å²) in [7, 11) is -9.91. The summed E-state index contributed by atoms with van der Waals surface area (Å²) in [4.78, 5) is 72.7. The van der Waals surface area contributed by atoms with Crippen LogP contribution >= 0.6 is 15.6 Å². The highest BCUT2D eigenvalue weighted by Gasteiger charge is 2.30. The second-order valence-corrected chi connectivity index (χ2v) is 31.3. The molecule has 0 heterocycles. The second-order valence-electron chi connectivity index (χ2n) is 28.4. The molecule has 0 fully saturated rings. The number of rotatable bonds is 71. The van der Waals surface area contributed by atoms with E-state index in [4.69, 9.17) is 37.0 Å². The molecule has 0 aliphatic carbocycles. The molecule has 17 nitrogen and oxygen atoms in total. The van der Waals surface area contributed by atoms with E-state index in [1.807, 2.05) is 0 Å². The van der Waals surface area contributed by atoms with Gasteiger partial charge in [-0.05, 0) is 49.4 Å². The number of hydrogen-bond donors (Lipinski definition) is 3. The number of carbonyl (C=O) groups is 4. The van der Waals surface area contributed by atoms with E-state index in [0.29, 0.717) is 25.7 Å². The molecule has 0 amide bonds. The van der Waals surface area contributed by atoms with E-state index in [9.17, 15) is 43.2 Å². The molecule has 0 aromatic heterocycles. The van der Waals surface area contributed by atoms with Gasteiger partial charge in [0, 0.05) is 25.7 Å². The van der Waals surface area contributed by atoms with Gasteiger partial charge in [-0.15, -0.1) is 0 Å². The molecule has 552 valence electrons. The van der Waals surface area contributed by atoms with Crippen molar-refractivity contribution in [2.45, 2.75) is 388 Å². The van der Waals surface area contributed by atoms with Crippen LogP contribution in [0, 0.1) is 23.7 Å². The van der Waals surface area contributed by atoms with Crippen molar-refractivity contribution in [3.8, 4) is 0 Å². The maximum Gasteiger partial charge on any atom is 0.472 e. The van der Waals surface area contributed by atoms with Crippen LogP contribution in [0.4, 0.5) is 0 Å². The smallest absolute Gasteiger partial charge is 0.462 e. The van der Waals surface area contributed by atoms with Crippen LogP contribution < -0.4 is 0 Å². The van der Waals surface area contributed by atoms with Gasteiger partial charge in [0.1, 0.15) is 19.3 Å². The van der Waals surface area contributed by atoms with Gasteiger partial charge in [0.05, 0.1) is 26.4 Å². The Balaban J connectivity index is 5.20. The first-order chi connectivity index (χ1) is 44.6. The number of ether oxygens (including phenoxy) is 4. The third-order valence-corrected chi connectivity index (χ3v) is 19.3. The molecule has 0 radical (unpaired) electrons. The van der Waals surface area contributed by atoms with Gasteiger partial charge in [-0.1, -0.05) is 319 Å². The molecule has 0 saturated heterocycles. The van der Waals surface area contributed by atoms with Crippen molar-refractivity contribution in [3.05, 3.63) is 0 Å². The standard InChI is InChI=1S/C74H144O17P2/c1-9-67(8)53-45-37-29-22-25-33-41-49-57-74(79)91-70(61-85-72(77)55-47-39-31-23-20-27-35-43-51-65(4)5)63-89-93(82,83)87-59-68(75)58-86-92(80,81)88-62-69(90-73(78)56-48-40-32-24-21-28-36-44-52-66(6)7)60-84-71(76)54-46-38-30-19-17-15-13-11-10-12-14-16-18-26-34-42-50-64(2)3/h64-70,75H,9-63H2,1-8H3,(H,80,81)(H,82,83)/t67?,68?,69-,70-/m1/s1. The monoisotopic (exact) mass is 1370 g/mol. The number of hydrogen-bond acceptors (Lipinski definition) is 15. The maximum atomic E-state index is 13.0. The molecule has 0 saturated carbocycles. The van der Waals surface area contributed by atoms with Gasteiger partial charge >= 0.3 is 39.5 Å². The van der Waals surface area contributed by atoms with Crippen molar-refractivity contribution in [1.29, 1.82) is 0 Å². The zero-order valence-electron chi connectivity index (χ0n) is 60.9. The minimum absolute atomic E-state index is 0.104. The summed E-state index contributed by atoms with van der Waals surface area (Å²) < 4.78 is 68.4. The van der Waals surface area contributed by atoms with Crippen molar-refractivity contribution in [2.75, 3.05) is 39.6 Å². The number of phosphoric ester groups is 2. The van der Waals surface area contributed by atoms with E-state index in [0.717, 1.165) is 114 Å². The summed E-state index contributed by atoms with van der Waals surface area (Å²) in [5.74, 6) is 0.899. The van der Waals surface area contributed by atoms with Gasteiger partial charge in [-0.2, -0.15) is 0 Å². The summed E-state index contributed by atoms with van der Waals surface area (Å²) in [6, 6.07) is 0. The average molecular weight is 1370 g/mol. The van der Waals surface area contributed by atoms with Gasteiger partial charge in [0.2, 0.25) is 0 Å². The topological polar surface area (TPSA) is 237 Å². The Hall–Kier alpha value is -1.94. The van der Waals surface area contributed by atoms with Gasteiger partial charge in [-0.25, -0.2) is 9.13 Å². The van der Waals surface area contributed by atoms with Gasteiger partial charge in [0.25, 0.3) is 0 Å². The van der Waals surface area contributed by atoms with E-state index in [1.165, 1.54) is 173 Å². The van der Waals surface area contributed by atoms with Crippen molar-refractivity contribution in [3.63, 3.8) is 0 Å². The van der Waals surface area contributed by atoms with Crippen LogP contribution in [-0.2, 0) is 65.4 Å². The second kappa shape index (κ2) is 63.5. The Kier molecular flexibility index (Phi) is 62.2. The normalized spacial score (nSPS) is 14.5. The van der Waals surface area contributed by atoms with Gasteiger partial charge < -0.3 is 33.8 Å².